The van der Waals surface area contributed by atoms with E-state index in [2.05, 4.69) is 31.0 Å². The van der Waals surface area contributed by atoms with Crippen molar-refractivity contribution in [1.82, 2.24) is 10.2 Å². The van der Waals surface area contributed by atoms with Crippen molar-refractivity contribution in [2.45, 2.75) is 65.3 Å². The Bertz CT molecular complexity index is 169. The minimum absolute atomic E-state index is 0.749. The highest BCUT2D eigenvalue weighted by Crippen LogP contribution is 2.15. The molecule has 0 saturated carbocycles. The molecule has 0 aromatic heterocycles. The first-order chi connectivity index (χ1) is 8.26. The largest absolute Gasteiger partial charge is 0.313 e. The van der Waals surface area contributed by atoms with Gasteiger partial charge in [-0.2, -0.15) is 0 Å². The van der Waals surface area contributed by atoms with Crippen LogP contribution in [0.25, 0.3) is 0 Å². The van der Waals surface area contributed by atoms with E-state index in [1.165, 1.54) is 64.7 Å². The lowest BCUT2D eigenvalue weighted by atomic mass is 9.99. The van der Waals surface area contributed by atoms with Crippen LogP contribution in [0, 0.1) is 5.92 Å². The normalized spacial score (nSPS) is 20.6. The van der Waals surface area contributed by atoms with E-state index in [9.17, 15) is 0 Å². The Balaban J connectivity index is 2.05. The molecule has 1 unspecified atom stereocenters. The Labute approximate surface area is 108 Å². The van der Waals surface area contributed by atoms with E-state index in [1.54, 1.807) is 0 Å². The molecule has 0 radical (unpaired) electrons. The van der Waals surface area contributed by atoms with Gasteiger partial charge in [0.05, 0.1) is 0 Å². The Hall–Kier alpha value is -0.0800. The van der Waals surface area contributed by atoms with Crippen molar-refractivity contribution in [3.8, 4) is 0 Å². The van der Waals surface area contributed by atoms with Crippen LogP contribution in [-0.2, 0) is 0 Å². The summed E-state index contributed by atoms with van der Waals surface area (Å²) in [6.07, 6.45) is 8.11. The molecule has 1 N–H and O–H groups in total. The predicted octanol–water partition coefficient (Wildman–Crippen LogP) is 3.28. The van der Waals surface area contributed by atoms with Gasteiger partial charge in [-0.05, 0) is 44.7 Å². The van der Waals surface area contributed by atoms with Crippen molar-refractivity contribution in [3.05, 3.63) is 0 Å². The quantitative estimate of drug-likeness (QED) is 0.700. The molecule has 102 valence electrons. The highest BCUT2D eigenvalue weighted by molar-refractivity contribution is 4.71. The number of likely N-dealkylation sites (tertiary alicyclic amines) is 1. The molecule has 0 bridgehead atoms. The monoisotopic (exact) mass is 240 g/mol. The summed E-state index contributed by atoms with van der Waals surface area (Å²) < 4.78 is 0. The van der Waals surface area contributed by atoms with Gasteiger partial charge >= 0.3 is 0 Å². The Morgan fingerprint density at radius 2 is 1.94 bits per heavy atom. The van der Waals surface area contributed by atoms with Gasteiger partial charge in [-0.1, -0.05) is 33.6 Å². The SMILES string of the molecule is CCCCC(CC)NCCN1CCC(C)CC1. The third-order valence-corrected chi connectivity index (χ3v) is 4.14. The molecule has 17 heavy (non-hydrogen) atoms. The molecule has 0 aliphatic carbocycles. The van der Waals surface area contributed by atoms with Crippen LogP contribution in [-0.4, -0.2) is 37.1 Å². The van der Waals surface area contributed by atoms with Crippen LogP contribution in [0.3, 0.4) is 0 Å². The first-order valence-electron chi connectivity index (χ1n) is 7.72. The molecular formula is C15H32N2. The second-order valence-electron chi connectivity index (χ2n) is 5.73. The third kappa shape index (κ3) is 6.42. The van der Waals surface area contributed by atoms with Crippen LogP contribution >= 0.6 is 0 Å². The molecule has 1 atom stereocenters. The standard InChI is InChI=1S/C15H32N2/c1-4-6-7-15(5-2)16-10-13-17-11-8-14(3)9-12-17/h14-16H,4-13H2,1-3H3. The summed E-state index contributed by atoms with van der Waals surface area (Å²) in [6, 6.07) is 0.749. The van der Waals surface area contributed by atoms with Crippen LogP contribution in [0.2, 0.25) is 0 Å². The zero-order chi connectivity index (χ0) is 12.5. The zero-order valence-electron chi connectivity index (χ0n) is 12.2. The van der Waals surface area contributed by atoms with Crippen LogP contribution in [0.15, 0.2) is 0 Å². The fraction of sp³-hybridized carbons (Fsp3) is 1.00. The molecule has 2 nitrogen and oxygen atoms in total. The number of hydrogen-bond donors (Lipinski definition) is 1. The van der Waals surface area contributed by atoms with Gasteiger partial charge < -0.3 is 10.2 Å². The van der Waals surface area contributed by atoms with E-state index < -0.39 is 0 Å². The van der Waals surface area contributed by atoms with E-state index in [-0.39, 0.29) is 0 Å². The summed E-state index contributed by atoms with van der Waals surface area (Å²) in [4.78, 5) is 2.62. The molecule has 1 saturated heterocycles. The van der Waals surface area contributed by atoms with Crippen molar-refractivity contribution in [1.29, 1.82) is 0 Å². The van der Waals surface area contributed by atoms with E-state index in [0.717, 1.165) is 12.0 Å². The molecular weight excluding hydrogens is 208 g/mol. The first kappa shape index (κ1) is 15.0. The number of rotatable bonds is 8. The fourth-order valence-corrected chi connectivity index (χ4v) is 2.61. The van der Waals surface area contributed by atoms with Crippen LogP contribution < -0.4 is 5.32 Å². The summed E-state index contributed by atoms with van der Waals surface area (Å²) in [5.41, 5.74) is 0. The summed E-state index contributed by atoms with van der Waals surface area (Å²) in [5.74, 6) is 0.951. The van der Waals surface area contributed by atoms with Gasteiger partial charge in [0.1, 0.15) is 0 Å². The lowest BCUT2D eigenvalue weighted by Crippen LogP contribution is -2.40. The lowest BCUT2D eigenvalue weighted by molar-refractivity contribution is 0.190. The van der Waals surface area contributed by atoms with Crippen molar-refractivity contribution in [2.24, 2.45) is 5.92 Å². The van der Waals surface area contributed by atoms with E-state index in [0.29, 0.717) is 0 Å². The van der Waals surface area contributed by atoms with Gasteiger partial charge in [-0.15, -0.1) is 0 Å². The average Bonchev–Trinajstić information content (AvgIpc) is 2.36. The molecule has 0 spiro atoms. The van der Waals surface area contributed by atoms with Crippen molar-refractivity contribution in [2.75, 3.05) is 26.2 Å². The third-order valence-electron chi connectivity index (χ3n) is 4.14. The molecule has 0 aromatic rings. The minimum atomic E-state index is 0.749. The zero-order valence-corrected chi connectivity index (χ0v) is 12.2. The minimum Gasteiger partial charge on any atom is -0.313 e. The smallest absolute Gasteiger partial charge is 0.0107 e. The maximum Gasteiger partial charge on any atom is 0.0107 e. The number of nitrogens with zero attached hydrogens (tertiary/aromatic N) is 1. The highest BCUT2D eigenvalue weighted by Gasteiger charge is 2.15. The van der Waals surface area contributed by atoms with E-state index >= 15 is 0 Å². The topological polar surface area (TPSA) is 15.3 Å². The van der Waals surface area contributed by atoms with Gasteiger partial charge in [-0.25, -0.2) is 0 Å². The Kier molecular flexibility index (Phi) is 7.87. The molecule has 1 fully saturated rings. The first-order valence-corrected chi connectivity index (χ1v) is 7.72. The van der Waals surface area contributed by atoms with Gasteiger partial charge in [0.15, 0.2) is 0 Å². The summed E-state index contributed by atoms with van der Waals surface area (Å²) in [7, 11) is 0. The van der Waals surface area contributed by atoms with Crippen molar-refractivity contribution in [3.63, 3.8) is 0 Å². The Morgan fingerprint density at radius 3 is 2.53 bits per heavy atom. The Morgan fingerprint density at radius 1 is 1.24 bits per heavy atom. The second-order valence-corrected chi connectivity index (χ2v) is 5.73. The van der Waals surface area contributed by atoms with Crippen molar-refractivity contribution >= 4 is 0 Å². The summed E-state index contributed by atoms with van der Waals surface area (Å²) in [6.45, 7) is 12.0. The predicted molar refractivity (Wildman–Crippen MR) is 76.4 cm³/mol. The van der Waals surface area contributed by atoms with E-state index in [1.807, 2.05) is 0 Å². The van der Waals surface area contributed by atoms with Gasteiger partial charge in [0.2, 0.25) is 0 Å². The van der Waals surface area contributed by atoms with E-state index in [4.69, 9.17) is 0 Å². The highest BCUT2D eigenvalue weighted by atomic mass is 15.1. The molecule has 0 aromatic carbocycles. The maximum absolute atomic E-state index is 3.72. The van der Waals surface area contributed by atoms with Gasteiger partial charge in [0, 0.05) is 19.1 Å². The average molecular weight is 240 g/mol. The molecule has 0 amide bonds. The van der Waals surface area contributed by atoms with Crippen LogP contribution in [0.1, 0.15) is 59.3 Å². The maximum atomic E-state index is 3.72. The number of unbranched alkanes of at least 4 members (excludes halogenated alkanes) is 1. The molecule has 2 heteroatoms. The number of piperidine rings is 1. The number of nitrogens with one attached hydrogen (secondary N) is 1. The second kappa shape index (κ2) is 8.93. The summed E-state index contributed by atoms with van der Waals surface area (Å²) >= 11 is 0. The lowest BCUT2D eigenvalue weighted by Gasteiger charge is -2.30. The molecule has 1 heterocycles. The fourth-order valence-electron chi connectivity index (χ4n) is 2.61. The molecule has 1 rings (SSSR count). The van der Waals surface area contributed by atoms with Crippen molar-refractivity contribution < 1.29 is 0 Å². The van der Waals surface area contributed by atoms with Crippen LogP contribution in [0.5, 0.6) is 0 Å². The van der Waals surface area contributed by atoms with Gasteiger partial charge in [0.25, 0.3) is 0 Å². The van der Waals surface area contributed by atoms with Gasteiger partial charge in [-0.3, -0.25) is 0 Å². The molecule has 1 aliphatic heterocycles. The van der Waals surface area contributed by atoms with Crippen LogP contribution in [0.4, 0.5) is 0 Å². The summed E-state index contributed by atoms with van der Waals surface area (Å²) in [5, 5.41) is 3.72. The molecule has 1 aliphatic rings. The number of hydrogen-bond acceptors (Lipinski definition) is 2.